The Hall–Kier alpha value is -6.39. The number of imidazole rings is 2. The summed E-state index contributed by atoms with van der Waals surface area (Å²) in [5, 5.41) is 19.1. The molecule has 0 atom stereocenters. The number of nitrogens with zero attached hydrogens (tertiary/aromatic N) is 6. The molecule has 12 N–H and O–H groups in total. The van der Waals surface area contributed by atoms with E-state index in [0.717, 1.165) is 22.3 Å². The van der Waals surface area contributed by atoms with Gasteiger partial charge in [0.05, 0.1) is 32.7 Å². The van der Waals surface area contributed by atoms with Crippen LogP contribution in [0.25, 0.3) is 22.3 Å². The normalized spacial score (nSPS) is 10.2. The van der Waals surface area contributed by atoms with Crippen molar-refractivity contribution in [2.24, 2.45) is 0 Å². The van der Waals surface area contributed by atoms with E-state index in [4.69, 9.17) is 35.5 Å². The monoisotopic (exact) mass is 952 g/mol. The third kappa shape index (κ3) is 18.9. The molecule has 27 heteroatoms. The molecule has 2 aromatic carbocycles. The molecule has 364 valence electrons. The number of carbonyl (C=O) groups is 4. The molecule has 6 aromatic rings. The molecule has 0 unspecified atom stereocenters. The van der Waals surface area contributed by atoms with Crippen LogP contribution in [0, 0.1) is 0 Å². The van der Waals surface area contributed by atoms with E-state index in [0.29, 0.717) is 48.4 Å². The van der Waals surface area contributed by atoms with E-state index in [2.05, 4.69) is 29.9 Å². The maximum Gasteiger partial charge on any atom is 1.00 e. The van der Waals surface area contributed by atoms with Crippen LogP contribution in [-0.2, 0) is 54.6 Å². The van der Waals surface area contributed by atoms with Crippen molar-refractivity contribution in [2.75, 3.05) is 52.1 Å². The second kappa shape index (κ2) is 30.9. The Bertz CT molecular complexity index is 2510. The first-order valence-corrected chi connectivity index (χ1v) is 20.1. The molecule has 0 saturated carbocycles. The Labute approximate surface area is 417 Å². The summed E-state index contributed by atoms with van der Waals surface area (Å²) >= 11 is 0. The van der Waals surface area contributed by atoms with Crippen LogP contribution >= 0.6 is 0 Å². The third-order valence-electron chi connectivity index (χ3n) is 9.64. The number of methoxy groups -OCH3 is 2. The number of fused-ring (bicyclic) bond motifs is 2. The molecule has 0 saturated heterocycles. The number of carbonyl (C=O) groups excluding carboxylic acids is 3. The number of Topliss-reactive ketones (excluding diaryl/α,β-unsaturated/α-hetero) is 2. The molecule has 4 heterocycles. The molecule has 0 radical (unpaired) electrons. The van der Waals surface area contributed by atoms with E-state index in [1.54, 1.807) is 14.2 Å². The van der Waals surface area contributed by atoms with Crippen molar-refractivity contribution in [3.63, 3.8) is 0 Å². The number of ether oxygens (including phenoxy) is 4. The molecule has 0 aliphatic carbocycles. The molecule has 69 heavy (non-hydrogen) atoms. The number of nitrogen functional groups attached to an aromatic ring is 2. The third-order valence-corrected chi connectivity index (χ3v) is 9.64. The van der Waals surface area contributed by atoms with Gasteiger partial charge < -0.3 is 71.8 Å². The molecule has 0 fully saturated rings. The maximum atomic E-state index is 12.5. The summed E-state index contributed by atoms with van der Waals surface area (Å²) in [5.74, 6) is -2.18. The number of anilines is 2. The fourth-order valence-electron chi connectivity index (χ4n) is 6.21. The van der Waals surface area contributed by atoms with Gasteiger partial charge in [-0.2, -0.15) is 19.9 Å². The number of carboxylic acid groups (broad SMARTS) is 2. The molecule has 4 aromatic heterocycles. The number of nitrogens with two attached hydrogens (primary N) is 2. The summed E-state index contributed by atoms with van der Waals surface area (Å²) in [4.78, 5) is 91.4. The van der Waals surface area contributed by atoms with Crippen LogP contribution in [-0.4, -0.2) is 125 Å². The zero-order chi connectivity index (χ0) is 46.2. The van der Waals surface area contributed by atoms with Gasteiger partial charge in [-0.25, -0.2) is 9.59 Å². The first-order chi connectivity index (χ1) is 30.7. The number of nitrogens with one attached hydrogen (secondary N) is 2. The Morgan fingerprint density at radius 1 is 0.594 bits per heavy atom. The minimum atomic E-state index is -1.23. The number of carboxylic acids is 2. The molecule has 6 rings (SSSR count). The van der Waals surface area contributed by atoms with Gasteiger partial charge in [-0.15, -0.1) is 0 Å². The second-order valence-electron chi connectivity index (χ2n) is 14.4. The number of benzene rings is 2. The van der Waals surface area contributed by atoms with Crippen molar-refractivity contribution < 1.29 is 102 Å². The van der Waals surface area contributed by atoms with Crippen molar-refractivity contribution in [2.45, 2.75) is 64.5 Å². The summed E-state index contributed by atoms with van der Waals surface area (Å²) in [5.41, 5.74) is 16.1. The molecular formula is C42H54Li2N10O15. The fourth-order valence-corrected chi connectivity index (χ4v) is 6.21. The number of aromatic nitrogens is 8. The van der Waals surface area contributed by atoms with Gasteiger partial charge in [0, 0.05) is 45.9 Å². The summed E-state index contributed by atoms with van der Waals surface area (Å²) < 4.78 is 23.6. The molecule has 0 spiro atoms. The van der Waals surface area contributed by atoms with Crippen molar-refractivity contribution in [3.05, 3.63) is 91.8 Å². The molecule has 0 bridgehead atoms. The SMILES string of the molecule is COCCOc1nc(N)c2[nH]c(=O)n(Cc3ccc(CCC(=O)CCC(=O)O)cc3)c2n1.COCCOc1nc(N)c2[nH]c(=O)n(Cc3ccc(CCC(=O)CCC(=O)[O-])cc3)c2n1.O.O.[Li+].[Li+].[OH-]. The molecular weight excluding hydrogens is 898 g/mol. The number of rotatable bonds is 24. The number of hydrogen-bond donors (Lipinski definition) is 5. The molecule has 0 amide bonds. The number of ketones is 2. The van der Waals surface area contributed by atoms with Crippen LogP contribution in [0.3, 0.4) is 0 Å². The Morgan fingerprint density at radius 2 is 0.957 bits per heavy atom. The minimum absolute atomic E-state index is 0. The van der Waals surface area contributed by atoms with Gasteiger partial charge in [0.25, 0.3) is 0 Å². The summed E-state index contributed by atoms with van der Waals surface area (Å²) in [6.45, 7) is 1.71. The number of aromatic amines is 2. The number of hydrogen-bond acceptors (Lipinski definition) is 18. The molecule has 25 nitrogen and oxygen atoms in total. The fraction of sp³-hybridized carbons (Fsp3) is 0.381. The van der Waals surface area contributed by atoms with Crippen LogP contribution in [0.15, 0.2) is 58.1 Å². The average molecular weight is 953 g/mol. The van der Waals surface area contributed by atoms with Crippen molar-refractivity contribution >= 4 is 57.5 Å². The van der Waals surface area contributed by atoms with Crippen LogP contribution in [0.1, 0.15) is 60.8 Å². The number of aryl methyl sites for hydroxylation is 2. The van der Waals surface area contributed by atoms with Gasteiger partial charge in [-0.1, -0.05) is 48.5 Å². The minimum Gasteiger partial charge on any atom is -0.870 e. The van der Waals surface area contributed by atoms with E-state index in [1.165, 1.54) is 9.13 Å². The van der Waals surface area contributed by atoms with Crippen molar-refractivity contribution in [1.29, 1.82) is 0 Å². The largest absolute Gasteiger partial charge is 1.00 e. The van der Waals surface area contributed by atoms with E-state index in [-0.39, 0.29) is 166 Å². The van der Waals surface area contributed by atoms with Crippen LogP contribution in [0.4, 0.5) is 11.6 Å². The Kier molecular flexibility index (Phi) is 28.0. The van der Waals surface area contributed by atoms with Gasteiger partial charge in [0.15, 0.2) is 22.9 Å². The van der Waals surface area contributed by atoms with Crippen molar-refractivity contribution in [3.8, 4) is 12.0 Å². The van der Waals surface area contributed by atoms with Crippen LogP contribution in [0.5, 0.6) is 12.0 Å². The average Bonchev–Trinajstić information content (AvgIpc) is 3.76. The zero-order valence-corrected chi connectivity index (χ0v) is 38.7. The van der Waals surface area contributed by atoms with Crippen molar-refractivity contribution in [1.82, 2.24) is 39.0 Å². The summed E-state index contributed by atoms with van der Waals surface area (Å²) in [6, 6.07) is 15.0. The summed E-state index contributed by atoms with van der Waals surface area (Å²) in [6.07, 6.45) is 1.19. The number of aliphatic carboxylic acids is 2. The van der Waals surface area contributed by atoms with E-state index in [9.17, 15) is 33.9 Å². The maximum absolute atomic E-state index is 12.5. The summed E-state index contributed by atoms with van der Waals surface area (Å²) in [7, 11) is 3.10. The Balaban J connectivity index is 0.00000125. The second-order valence-corrected chi connectivity index (χ2v) is 14.4. The molecule has 0 aliphatic rings. The van der Waals surface area contributed by atoms with Gasteiger partial charge in [0.1, 0.15) is 35.8 Å². The predicted octanol–water partition coefficient (Wildman–Crippen LogP) is -6.87. The van der Waals surface area contributed by atoms with Crippen LogP contribution in [0.2, 0.25) is 0 Å². The van der Waals surface area contributed by atoms with Gasteiger partial charge in [-0.3, -0.25) is 23.5 Å². The first kappa shape index (κ1) is 62.6. The van der Waals surface area contributed by atoms with Gasteiger partial charge in [-0.05, 0) is 41.5 Å². The smallest absolute Gasteiger partial charge is 0.870 e. The predicted molar refractivity (Wildman–Crippen MR) is 238 cm³/mol. The van der Waals surface area contributed by atoms with Crippen LogP contribution < -0.4 is 75.1 Å². The zero-order valence-electron chi connectivity index (χ0n) is 38.7. The number of H-pyrrole nitrogens is 2. The van der Waals surface area contributed by atoms with E-state index in [1.807, 2.05) is 48.5 Å². The standard InChI is InChI=1S/2C21H25N5O6.2Li.3H2O/c2*1-31-10-11-32-20-24-18(22)17-19(25-20)26(21(30)23-17)12-14-4-2-13(3-5-14)6-7-15(27)8-9-16(28)29;;;;;/h2*2-5H,6-12H2,1H3,(H,23,30)(H,28,29)(H2,22,24,25);;;3*1H2/q;;2*+1;;;/p-2. The topological polar surface area (TPSA) is 421 Å². The molecule has 0 aliphatic heterocycles. The van der Waals surface area contributed by atoms with E-state index < -0.39 is 11.9 Å². The van der Waals surface area contributed by atoms with Gasteiger partial charge >= 0.3 is 67.1 Å². The quantitative estimate of drug-likeness (QED) is 0.0278. The van der Waals surface area contributed by atoms with Gasteiger partial charge in [0.2, 0.25) is 0 Å². The van der Waals surface area contributed by atoms with E-state index >= 15 is 0 Å². The Morgan fingerprint density at radius 3 is 1.30 bits per heavy atom. The first-order valence-electron chi connectivity index (χ1n) is 20.1.